The maximum Gasteiger partial charge on any atom is 0.160 e. The Bertz CT molecular complexity index is 424. The molecule has 112 valence electrons. The van der Waals surface area contributed by atoms with Crippen LogP contribution < -0.4 is 5.32 Å². The lowest BCUT2D eigenvalue weighted by Gasteiger charge is -2.37. The lowest BCUT2D eigenvalue weighted by molar-refractivity contribution is -0.232. The monoisotopic (exact) mass is 283 g/mol. The summed E-state index contributed by atoms with van der Waals surface area (Å²) in [6, 6.07) is 6.58. The molecule has 1 saturated heterocycles. The van der Waals surface area contributed by atoms with Crippen molar-refractivity contribution < 1.29 is 25.2 Å². The molecule has 6 nitrogen and oxygen atoms in total. The van der Waals surface area contributed by atoms with Gasteiger partial charge in [-0.25, -0.2) is 0 Å². The molecular formula is C14H21NO5. The van der Waals surface area contributed by atoms with Crippen molar-refractivity contribution in [3.8, 4) is 5.75 Å². The first kappa shape index (κ1) is 15.2. The number of nitrogens with one attached hydrogen (secondary N) is 1. The highest BCUT2D eigenvalue weighted by Crippen LogP contribution is 2.30. The molecule has 2 rings (SSSR count). The molecule has 20 heavy (non-hydrogen) atoms. The van der Waals surface area contributed by atoms with E-state index in [1.54, 1.807) is 31.3 Å². The normalized spacial score (nSPS) is 32.0. The number of hydrogen-bond donors (Lipinski definition) is 5. The van der Waals surface area contributed by atoms with Crippen LogP contribution >= 0.6 is 0 Å². The minimum Gasteiger partial charge on any atom is -0.508 e. The quantitative estimate of drug-likeness (QED) is 0.521. The van der Waals surface area contributed by atoms with E-state index in [0.717, 1.165) is 5.56 Å². The standard InChI is InChI=1S/C14H21NO5/c1-15-11(8-2-4-9(16)5-3-8)6-10-13(18)12(17)7-20-14(10)19/h2-5,10-19H,6-7H2,1H3/t10-,11?,12+,13-,14?/m1/s1. The summed E-state index contributed by atoms with van der Waals surface area (Å²) in [5.74, 6) is -0.398. The van der Waals surface area contributed by atoms with Gasteiger partial charge in [-0.1, -0.05) is 12.1 Å². The lowest BCUT2D eigenvalue weighted by Crippen LogP contribution is -2.50. The summed E-state index contributed by atoms with van der Waals surface area (Å²) in [6.07, 6.45) is -2.70. The van der Waals surface area contributed by atoms with E-state index in [4.69, 9.17) is 4.74 Å². The average molecular weight is 283 g/mol. The summed E-state index contributed by atoms with van der Waals surface area (Å²) >= 11 is 0. The summed E-state index contributed by atoms with van der Waals surface area (Å²) in [6.45, 7) is -0.0672. The van der Waals surface area contributed by atoms with Crippen LogP contribution in [0.2, 0.25) is 0 Å². The van der Waals surface area contributed by atoms with E-state index in [1.807, 2.05) is 0 Å². The van der Waals surface area contributed by atoms with Gasteiger partial charge in [0.05, 0.1) is 12.7 Å². The van der Waals surface area contributed by atoms with E-state index in [0.29, 0.717) is 6.42 Å². The minimum absolute atomic E-state index is 0.0672. The molecule has 0 amide bonds. The van der Waals surface area contributed by atoms with Crippen LogP contribution in [-0.4, -0.2) is 52.6 Å². The van der Waals surface area contributed by atoms with Gasteiger partial charge in [-0.05, 0) is 31.2 Å². The number of aliphatic hydroxyl groups excluding tert-OH is 3. The molecule has 0 radical (unpaired) electrons. The van der Waals surface area contributed by atoms with Crippen LogP contribution in [0.25, 0.3) is 0 Å². The van der Waals surface area contributed by atoms with Crippen LogP contribution in [0.1, 0.15) is 18.0 Å². The fraction of sp³-hybridized carbons (Fsp3) is 0.571. The lowest BCUT2D eigenvalue weighted by atomic mass is 9.86. The topological polar surface area (TPSA) is 102 Å². The van der Waals surface area contributed by atoms with Gasteiger partial charge in [-0.15, -0.1) is 0 Å². The number of phenols is 1. The molecule has 0 bridgehead atoms. The van der Waals surface area contributed by atoms with Gasteiger partial charge < -0.3 is 30.5 Å². The zero-order chi connectivity index (χ0) is 14.7. The Labute approximate surface area is 117 Å². The van der Waals surface area contributed by atoms with Gasteiger partial charge >= 0.3 is 0 Å². The van der Waals surface area contributed by atoms with Gasteiger partial charge in [-0.3, -0.25) is 0 Å². The van der Waals surface area contributed by atoms with Crippen LogP contribution in [0, 0.1) is 5.92 Å². The number of aliphatic hydroxyl groups is 3. The Kier molecular flexibility index (Phi) is 4.95. The highest BCUT2D eigenvalue weighted by Gasteiger charge is 2.38. The van der Waals surface area contributed by atoms with E-state index in [-0.39, 0.29) is 18.4 Å². The predicted octanol–water partition coefficient (Wildman–Crippen LogP) is -0.271. The molecule has 0 aromatic heterocycles. The first-order chi connectivity index (χ1) is 9.52. The van der Waals surface area contributed by atoms with E-state index >= 15 is 0 Å². The van der Waals surface area contributed by atoms with Crippen LogP contribution in [0.15, 0.2) is 24.3 Å². The van der Waals surface area contributed by atoms with E-state index < -0.39 is 24.4 Å². The van der Waals surface area contributed by atoms with Crippen LogP contribution in [0.3, 0.4) is 0 Å². The molecule has 6 heteroatoms. The SMILES string of the molecule is CNC(C[C@H]1C(O)OC[C@H](O)[C@@H]1O)c1ccc(O)cc1. The number of rotatable bonds is 4. The molecule has 0 saturated carbocycles. The first-order valence-corrected chi connectivity index (χ1v) is 6.65. The van der Waals surface area contributed by atoms with Crippen LogP contribution in [0.4, 0.5) is 0 Å². The number of hydrogen-bond acceptors (Lipinski definition) is 6. The second-order valence-corrected chi connectivity index (χ2v) is 5.11. The van der Waals surface area contributed by atoms with Crippen molar-refractivity contribution in [3.63, 3.8) is 0 Å². The molecular weight excluding hydrogens is 262 g/mol. The van der Waals surface area contributed by atoms with Crippen molar-refractivity contribution in [2.75, 3.05) is 13.7 Å². The highest BCUT2D eigenvalue weighted by atomic mass is 16.6. The second kappa shape index (κ2) is 6.51. The third-order valence-corrected chi connectivity index (χ3v) is 3.79. The van der Waals surface area contributed by atoms with E-state index in [1.165, 1.54) is 0 Å². The number of benzene rings is 1. The van der Waals surface area contributed by atoms with Crippen molar-refractivity contribution in [2.24, 2.45) is 5.92 Å². The summed E-state index contributed by atoms with van der Waals surface area (Å²) in [5, 5.41) is 41.8. The van der Waals surface area contributed by atoms with Crippen molar-refractivity contribution in [1.29, 1.82) is 0 Å². The third-order valence-electron chi connectivity index (χ3n) is 3.79. The zero-order valence-electron chi connectivity index (χ0n) is 11.3. The van der Waals surface area contributed by atoms with Crippen molar-refractivity contribution in [2.45, 2.75) is 31.0 Å². The highest BCUT2D eigenvalue weighted by molar-refractivity contribution is 5.28. The summed E-state index contributed by atoms with van der Waals surface area (Å²) in [4.78, 5) is 0. The van der Waals surface area contributed by atoms with Crippen molar-refractivity contribution in [1.82, 2.24) is 5.32 Å². The predicted molar refractivity (Wildman–Crippen MR) is 72.0 cm³/mol. The molecule has 1 fully saturated rings. The minimum atomic E-state index is -1.10. The molecule has 1 heterocycles. The summed E-state index contributed by atoms with van der Waals surface area (Å²) in [5.41, 5.74) is 0.921. The largest absolute Gasteiger partial charge is 0.508 e. The van der Waals surface area contributed by atoms with Crippen LogP contribution in [-0.2, 0) is 4.74 Å². The zero-order valence-corrected chi connectivity index (χ0v) is 11.3. The van der Waals surface area contributed by atoms with Gasteiger partial charge in [0, 0.05) is 12.0 Å². The Morgan fingerprint density at radius 3 is 2.50 bits per heavy atom. The number of phenolic OH excluding ortho intramolecular Hbond substituents is 1. The van der Waals surface area contributed by atoms with E-state index in [9.17, 15) is 20.4 Å². The average Bonchev–Trinajstić information content (AvgIpc) is 2.45. The van der Waals surface area contributed by atoms with Crippen molar-refractivity contribution in [3.05, 3.63) is 29.8 Å². The molecule has 2 unspecified atom stereocenters. The van der Waals surface area contributed by atoms with Crippen LogP contribution in [0.5, 0.6) is 5.75 Å². The first-order valence-electron chi connectivity index (χ1n) is 6.65. The Balaban J connectivity index is 2.10. The molecule has 1 aromatic rings. The number of ether oxygens (including phenoxy) is 1. The second-order valence-electron chi connectivity index (χ2n) is 5.11. The molecule has 5 N–H and O–H groups in total. The molecule has 1 aliphatic rings. The molecule has 0 aliphatic carbocycles. The Morgan fingerprint density at radius 2 is 1.90 bits per heavy atom. The molecule has 1 aliphatic heterocycles. The van der Waals surface area contributed by atoms with Gasteiger partial charge in [0.2, 0.25) is 0 Å². The van der Waals surface area contributed by atoms with Gasteiger partial charge in [0.25, 0.3) is 0 Å². The summed E-state index contributed by atoms with van der Waals surface area (Å²) < 4.78 is 5.05. The Morgan fingerprint density at radius 1 is 1.25 bits per heavy atom. The maximum atomic E-state index is 9.99. The van der Waals surface area contributed by atoms with Gasteiger partial charge in [-0.2, -0.15) is 0 Å². The molecule has 1 aromatic carbocycles. The van der Waals surface area contributed by atoms with Gasteiger partial charge in [0.15, 0.2) is 6.29 Å². The summed E-state index contributed by atoms with van der Waals surface area (Å²) in [7, 11) is 1.77. The molecule has 0 spiro atoms. The van der Waals surface area contributed by atoms with E-state index in [2.05, 4.69) is 5.32 Å². The molecule has 5 atom stereocenters. The van der Waals surface area contributed by atoms with Gasteiger partial charge in [0.1, 0.15) is 11.9 Å². The fourth-order valence-corrected chi connectivity index (χ4v) is 2.53. The Hall–Kier alpha value is -1.18. The maximum absolute atomic E-state index is 9.99. The number of aromatic hydroxyl groups is 1. The smallest absolute Gasteiger partial charge is 0.160 e. The fourth-order valence-electron chi connectivity index (χ4n) is 2.53. The van der Waals surface area contributed by atoms with Crippen molar-refractivity contribution >= 4 is 0 Å². The third kappa shape index (κ3) is 3.28.